The van der Waals surface area contributed by atoms with Crippen molar-refractivity contribution >= 4 is 0 Å². The third kappa shape index (κ3) is 3.98. The van der Waals surface area contributed by atoms with Crippen LogP contribution in [0, 0.1) is 0 Å². The molecule has 1 aromatic heterocycles. The second kappa shape index (κ2) is 5.46. The van der Waals surface area contributed by atoms with Gasteiger partial charge in [-0.25, -0.2) is 4.79 Å². The molecule has 1 rings (SSSR count). The number of rotatable bonds is 5. The highest BCUT2D eigenvalue weighted by Crippen LogP contribution is 2.17. The third-order valence-corrected chi connectivity index (χ3v) is 2.15. The molecule has 1 N–H and O–H groups in total. The second-order valence-electron chi connectivity index (χ2n) is 4.92. The van der Waals surface area contributed by atoms with E-state index >= 15 is 0 Å². The molecule has 0 saturated heterocycles. The second-order valence-corrected chi connectivity index (χ2v) is 4.92. The minimum atomic E-state index is -0.759. The lowest BCUT2D eigenvalue weighted by Gasteiger charge is -2.11. The van der Waals surface area contributed by atoms with E-state index in [2.05, 4.69) is 5.10 Å². The number of aliphatic hydroxyl groups excluding tert-OH is 1. The molecule has 98 valence electrons. The molecular weight excluding hydrogens is 224 g/mol. The summed E-state index contributed by atoms with van der Waals surface area (Å²) in [6.45, 7) is 8.33. The topological polar surface area (TPSA) is 77.5 Å². The predicted octanol–water partition coefficient (Wildman–Crippen LogP) is 0.531. The van der Waals surface area contributed by atoms with Gasteiger partial charge in [-0.15, -0.1) is 5.10 Å². The quantitative estimate of drug-likeness (QED) is 0.817. The van der Waals surface area contributed by atoms with Crippen molar-refractivity contribution in [3.8, 4) is 0 Å². The minimum absolute atomic E-state index is 0.0818. The molecule has 1 aromatic rings. The average Bonchev–Trinajstić information content (AvgIpc) is 2.57. The van der Waals surface area contributed by atoms with Gasteiger partial charge in [0.2, 0.25) is 5.89 Å². The highest BCUT2D eigenvalue weighted by atomic mass is 16.5. The normalized spacial score (nSPS) is 13.9. The number of aliphatic hydroxyl groups is 1. The minimum Gasteiger partial charge on any atom is -0.392 e. The van der Waals surface area contributed by atoms with E-state index in [4.69, 9.17) is 9.15 Å². The molecule has 0 fully saturated rings. The van der Waals surface area contributed by atoms with Crippen LogP contribution in [0.15, 0.2) is 9.21 Å². The molecule has 0 aliphatic heterocycles. The SMILES string of the molecule is CCOCC(O)Cn1nc(C(C)(C)C)oc1=O. The highest BCUT2D eigenvalue weighted by molar-refractivity contribution is 4.94. The average molecular weight is 244 g/mol. The summed E-state index contributed by atoms with van der Waals surface area (Å²) < 4.78 is 11.2. The zero-order valence-corrected chi connectivity index (χ0v) is 10.8. The first kappa shape index (κ1) is 13.9. The lowest BCUT2D eigenvalue weighted by molar-refractivity contribution is 0.0306. The van der Waals surface area contributed by atoms with E-state index in [-0.39, 0.29) is 18.6 Å². The first-order valence-corrected chi connectivity index (χ1v) is 5.68. The Hall–Kier alpha value is -1.14. The van der Waals surface area contributed by atoms with Crippen LogP contribution in [0.4, 0.5) is 0 Å². The van der Waals surface area contributed by atoms with Gasteiger partial charge in [0.05, 0.1) is 19.3 Å². The summed E-state index contributed by atoms with van der Waals surface area (Å²) in [5.41, 5.74) is -0.324. The van der Waals surface area contributed by atoms with Crippen LogP contribution in [-0.4, -0.2) is 34.2 Å². The van der Waals surface area contributed by atoms with Gasteiger partial charge in [-0.2, -0.15) is 4.68 Å². The van der Waals surface area contributed by atoms with Crippen molar-refractivity contribution in [3.05, 3.63) is 16.4 Å². The molecule has 0 spiro atoms. The van der Waals surface area contributed by atoms with Crippen molar-refractivity contribution in [1.82, 2.24) is 9.78 Å². The number of ether oxygens (including phenoxy) is 1. The molecule has 0 radical (unpaired) electrons. The van der Waals surface area contributed by atoms with Gasteiger partial charge in [-0.1, -0.05) is 20.8 Å². The van der Waals surface area contributed by atoms with Crippen LogP contribution in [0.1, 0.15) is 33.6 Å². The first-order chi connectivity index (χ1) is 7.84. The number of aromatic nitrogens is 2. The molecule has 0 aliphatic carbocycles. The zero-order chi connectivity index (χ0) is 13.1. The van der Waals surface area contributed by atoms with Crippen LogP contribution in [0.2, 0.25) is 0 Å². The first-order valence-electron chi connectivity index (χ1n) is 5.68. The van der Waals surface area contributed by atoms with Gasteiger partial charge in [-0.3, -0.25) is 0 Å². The summed E-state index contributed by atoms with van der Waals surface area (Å²) >= 11 is 0. The van der Waals surface area contributed by atoms with Crippen molar-refractivity contribution in [2.24, 2.45) is 0 Å². The lowest BCUT2D eigenvalue weighted by Crippen LogP contribution is -2.28. The van der Waals surface area contributed by atoms with Crippen LogP contribution in [0.3, 0.4) is 0 Å². The summed E-state index contributed by atoms with van der Waals surface area (Å²) in [6, 6.07) is 0. The van der Waals surface area contributed by atoms with Crippen LogP contribution < -0.4 is 5.76 Å². The van der Waals surface area contributed by atoms with E-state index in [1.165, 1.54) is 0 Å². The molecule has 1 atom stereocenters. The van der Waals surface area contributed by atoms with Crippen molar-refractivity contribution in [2.75, 3.05) is 13.2 Å². The fraction of sp³-hybridized carbons (Fsp3) is 0.818. The van der Waals surface area contributed by atoms with Gasteiger partial charge in [0.25, 0.3) is 0 Å². The Morgan fingerprint density at radius 2 is 2.18 bits per heavy atom. The van der Waals surface area contributed by atoms with Gasteiger partial charge >= 0.3 is 5.76 Å². The summed E-state index contributed by atoms with van der Waals surface area (Å²) in [5, 5.41) is 13.7. The summed E-state index contributed by atoms with van der Waals surface area (Å²) in [5.74, 6) is -0.184. The molecule has 0 amide bonds. The monoisotopic (exact) mass is 244 g/mol. The summed E-state index contributed by atoms with van der Waals surface area (Å²) in [7, 11) is 0. The number of nitrogens with zero attached hydrogens (tertiary/aromatic N) is 2. The smallest absolute Gasteiger partial charge is 0.392 e. The van der Waals surface area contributed by atoms with Gasteiger partial charge in [0, 0.05) is 12.0 Å². The molecule has 0 bridgehead atoms. The Morgan fingerprint density at radius 3 is 2.65 bits per heavy atom. The van der Waals surface area contributed by atoms with E-state index in [1.54, 1.807) is 0 Å². The highest BCUT2D eigenvalue weighted by Gasteiger charge is 2.23. The Labute approximate surface area is 100 Å². The number of hydrogen-bond donors (Lipinski definition) is 1. The Balaban J connectivity index is 2.72. The van der Waals surface area contributed by atoms with Crippen LogP contribution in [0.5, 0.6) is 0 Å². The molecule has 0 saturated carbocycles. The molecule has 0 aromatic carbocycles. The molecule has 6 nitrogen and oxygen atoms in total. The maximum atomic E-state index is 11.5. The van der Waals surface area contributed by atoms with Crippen molar-refractivity contribution < 1.29 is 14.3 Å². The van der Waals surface area contributed by atoms with E-state index in [0.717, 1.165) is 4.68 Å². The predicted molar refractivity (Wildman–Crippen MR) is 62.0 cm³/mol. The van der Waals surface area contributed by atoms with E-state index in [0.29, 0.717) is 12.5 Å². The van der Waals surface area contributed by atoms with Crippen LogP contribution in [-0.2, 0) is 16.7 Å². The van der Waals surface area contributed by atoms with Crippen molar-refractivity contribution in [3.63, 3.8) is 0 Å². The largest absolute Gasteiger partial charge is 0.437 e. The fourth-order valence-corrected chi connectivity index (χ4v) is 1.23. The van der Waals surface area contributed by atoms with Gasteiger partial charge in [-0.05, 0) is 6.92 Å². The van der Waals surface area contributed by atoms with Gasteiger partial charge < -0.3 is 14.3 Å². The molecule has 0 aliphatic rings. The molecule has 1 unspecified atom stereocenters. The molecule has 17 heavy (non-hydrogen) atoms. The van der Waals surface area contributed by atoms with Crippen LogP contribution in [0.25, 0.3) is 0 Å². The molecule has 1 heterocycles. The lowest BCUT2D eigenvalue weighted by atomic mass is 9.97. The van der Waals surface area contributed by atoms with E-state index in [9.17, 15) is 9.90 Å². The summed E-state index contributed by atoms with van der Waals surface area (Å²) in [6.07, 6.45) is -0.759. The van der Waals surface area contributed by atoms with E-state index < -0.39 is 11.9 Å². The Morgan fingerprint density at radius 1 is 1.53 bits per heavy atom. The third-order valence-electron chi connectivity index (χ3n) is 2.15. The summed E-state index contributed by atoms with van der Waals surface area (Å²) in [4.78, 5) is 11.5. The van der Waals surface area contributed by atoms with Gasteiger partial charge in [0.15, 0.2) is 0 Å². The number of hydrogen-bond acceptors (Lipinski definition) is 5. The molecule has 6 heteroatoms. The van der Waals surface area contributed by atoms with Crippen LogP contribution >= 0.6 is 0 Å². The maximum Gasteiger partial charge on any atom is 0.437 e. The van der Waals surface area contributed by atoms with Crippen molar-refractivity contribution in [2.45, 2.75) is 45.8 Å². The Bertz CT molecular complexity index is 402. The maximum absolute atomic E-state index is 11.5. The Kier molecular flexibility index (Phi) is 4.47. The van der Waals surface area contributed by atoms with E-state index in [1.807, 2.05) is 27.7 Å². The molecular formula is C11H20N2O4. The van der Waals surface area contributed by atoms with Gasteiger partial charge in [0.1, 0.15) is 0 Å². The fourth-order valence-electron chi connectivity index (χ4n) is 1.23. The van der Waals surface area contributed by atoms with Crippen molar-refractivity contribution in [1.29, 1.82) is 0 Å². The standard InChI is InChI=1S/C11H20N2O4/c1-5-16-7-8(14)6-13-10(15)17-9(12-13)11(2,3)4/h8,14H,5-7H2,1-4H3. The zero-order valence-electron chi connectivity index (χ0n) is 10.8.